The van der Waals surface area contributed by atoms with Crippen LogP contribution < -0.4 is 5.32 Å². The van der Waals surface area contributed by atoms with Crippen LogP contribution in [-0.4, -0.2) is 20.8 Å². The van der Waals surface area contributed by atoms with Crippen LogP contribution >= 0.6 is 0 Å². The molecule has 1 unspecified atom stereocenters. The number of aromatic nitrogens is 3. The SMILES string of the molecule is CC(c1ccccc1)n1cc(NC(=O)c2noc3c2CC(C)(C)CC3)cn1. The van der Waals surface area contributed by atoms with Gasteiger partial charge in [0.2, 0.25) is 0 Å². The molecule has 0 saturated heterocycles. The van der Waals surface area contributed by atoms with E-state index in [9.17, 15) is 4.79 Å². The fraction of sp³-hybridized carbons (Fsp3) is 0.381. The number of fused-ring (bicyclic) bond motifs is 1. The summed E-state index contributed by atoms with van der Waals surface area (Å²) in [6, 6.07) is 10.2. The smallest absolute Gasteiger partial charge is 0.278 e. The number of carbonyl (C=O) groups excluding carboxylic acids is 1. The molecule has 1 N–H and O–H groups in total. The summed E-state index contributed by atoms with van der Waals surface area (Å²) >= 11 is 0. The molecule has 1 aliphatic rings. The molecule has 1 amide bonds. The lowest BCUT2D eigenvalue weighted by Crippen LogP contribution is -2.24. The van der Waals surface area contributed by atoms with Crippen molar-refractivity contribution in [2.75, 3.05) is 5.32 Å². The summed E-state index contributed by atoms with van der Waals surface area (Å²) in [6.45, 7) is 6.49. The Morgan fingerprint density at radius 2 is 2.07 bits per heavy atom. The molecule has 0 spiro atoms. The zero-order chi connectivity index (χ0) is 19.0. The predicted molar refractivity (Wildman–Crippen MR) is 103 cm³/mol. The van der Waals surface area contributed by atoms with Crippen molar-refractivity contribution in [3.63, 3.8) is 0 Å². The van der Waals surface area contributed by atoms with Crippen LogP contribution in [0.15, 0.2) is 47.2 Å². The molecule has 6 heteroatoms. The topological polar surface area (TPSA) is 73.0 Å². The van der Waals surface area contributed by atoms with Crippen molar-refractivity contribution in [2.24, 2.45) is 5.41 Å². The van der Waals surface area contributed by atoms with E-state index in [-0.39, 0.29) is 17.4 Å². The highest BCUT2D eigenvalue weighted by atomic mass is 16.5. The average molecular weight is 364 g/mol. The Morgan fingerprint density at radius 3 is 2.85 bits per heavy atom. The van der Waals surface area contributed by atoms with Gasteiger partial charge < -0.3 is 9.84 Å². The van der Waals surface area contributed by atoms with E-state index in [2.05, 4.69) is 48.5 Å². The summed E-state index contributed by atoms with van der Waals surface area (Å²) in [4.78, 5) is 12.7. The van der Waals surface area contributed by atoms with Crippen molar-refractivity contribution >= 4 is 11.6 Å². The van der Waals surface area contributed by atoms with E-state index in [4.69, 9.17) is 4.52 Å². The lowest BCUT2D eigenvalue weighted by atomic mass is 9.76. The van der Waals surface area contributed by atoms with E-state index < -0.39 is 0 Å². The Bertz CT molecular complexity index is 956. The molecule has 0 radical (unpaired) electrons. The molecular formula is C21H24N4O2. The van der Waals surface area contributed by atoms with Gasteiger partial charge in [-0.15, -0.1) is 0 Å². The number of rotatable bonds is 4. The number of hydrogen-bond donors (Lipinski definition) is 1. The predicted octanol–water partition coefficient (Wildman–Crippen LogP) is 4.25. The van der Waals surface area contributed by atoms with E-state index in [1.807, 2.05) is 29.1 Å². The summed E-state index contributed by atoms with van der Waals surface area (Å²) in [6.07, 6.45) is 6.17. The third-order valence-electron chi connectivity index (χ3n) is 5.31. The van der Waals surface area contributed by atoms with E-state index in [1.165, 1.54) is 0 Å². The Balaban J connectivity index is 1.50. The lowest BCUT2D eigenvalue weighted by molar-refractivity contribution is 0.101. The first-order chi connectivity index (χ1) is 12.9. The van der Waals surface area contributed by atoms with Crippen LogP contribution in [0.4, 0.5) is 5.69 Å². The first kappa shape index (κ1) is 17.5. The van der Waals surface area contributed by atoms with Crippen LogP contribution in [0.1, 0.15) is 60.6 Å². The van der Waals surface area contributed by atoms with Gasteiger partial charge in [-0.3, -0.25) is 9.48 Å². The number of aryl methyl sites for hydroxylation is 1. The highest BCUT2D eigenvalue weighted by Gasteiger charge is 2.32. The van der Waals surface area contributed by atoms with Crippen molar-refractivity contribution < 1.29 is 9.32 Å². The third-order valence-corrected chi connectivity index (χ3v) is 5.31. The summed E-state index contributed by atoms with van der Waals surface area (Å²) < 4.78 is 7.25. The minimum Gasteiger partial charge on any atom is -0.360 e. The van der Waals surface area contributed by atoms with Crippen LogP contribution in [0.3, 0.4) is 0 Å². The minimum absolute atomic E-state index is 0.0810. The first-order valence-corrected chi connectivity index (χ1v) is 9.31. The number of benzene rings is 1. The quantitative estimate of drug-likeness (QED) is 0.751. The molecule has 1 aliphatic carbocycles. The molecule has 3 aromatic rings. The van der Waals surface area contributed by atoms with Crippen molar-refractivity contribution in [1.82, 2.24) is 14.9 Å². The molecule has 6 nitrogen and oxygen atoms in total. The van der Waals surface area contributed by atoms with Crippen molar-refractivity contribution in [3.8, 4) is 0 Å². The van der Waals surface area contributed by atoms with Crippen molar-refractivity contribution in [3.05, 3.63) is 65.3 Å². The molecule has 0 fully saturated rings. The normalized spacial score (nSPS) is 16.6. The monoisotopic (exact) mass is 364 g/mol. The van der Waals surface area contributed by atoms with Gasteiger partial charge in [0.25, 0.3) is 5.91 Å². The molecule has 4 rings (SSSR count). The summed E-state index contributed by atoms with van der Waals surface area (Å²) in [5, 5.41) is 11.3. The number of amides is 1. The molecule has 1 atom stereocenters. The highest BCUT2D eigenvalue weighted by Crippen LogP contribution is 2.36. The Hall–Kier alpha value is -2.89. The van der Waals surface area contributed by atoms with Crippen LogP contribution in [-0.2, 0) is 12.8 Å². The fourth-order valence-electron chi connectivity index (χ4n) is 3.61. The second-order valence-electron chi connectivity index (χ2n) is 8.02. The molecular weight excluding hydrogens is 340 g/mol. The van der Waals surface area contributed by atoms with Crippen molar-refractivity contribution in [1.29, 1.82) is 0 Å². The van der Waals surface area contributed by atoms with Crippen LogP contribution in [0.2, 0.25) is 0 Å². The molecule has 140 valence electrons. The zero-order valence-corrected chi connectivity index (χ0v) is 15.9. The van der Waals surface area contributed by atoms with Crippen LogP contribution in [0.5, 0.6) is 0 Å². The maximum Gasteiger partial charge on any atom is 0.278 e. The fourth-order valence-corrected chi connectivity index (χ4v) is 3.61. The molecule has 0 aliphatic heterocycles. The molecule has 2 heterocycles. The third kappa shape index (κ3) is 3.52. The van der Waals surface area contributed by atoms with Crippen LogP contribution in [0.25, 0.3) is 0 Å². The lowest BCUT2D eigenvalue weighted by Gasteiger charge is -2.28. The summed E-state index contributed by atoms with van der Waals surface area (Å²) in [5.41, 5.74) is 3.29. The highest BCUT2D eigenvalue weighted by molar-refractivity contribution is 6.03. The Kier molecular flexibility index (Phi) is 4.34. The molecule has 2 aromatic heterocycles. The molecule has 0 saturated carbocycles. The standard InChI is InChI=1S/C21H24N4O2/c1-14(15-7-5-4-6-8-15)25-13-16(12-22-25)23-20(26)19-17-11-21(2,3)10-9-18(17)27-24-19/h4-8,12-14H,9-11H2,1-3H3,(H,23,26). The number of carbonyl (C=O) groups is 1. The molecule has 27 heavy (non-hydrogen) atoms. The van der Waals surface area contributed by atoms with Crippen molar-refractivity contribution in [2.45, 2.75) is 46.1 Å². The number of nitrogens with zero attached hydrogens (tertiary/aromatic N) is 3. The number of hydrogen-bond acceptors (Lipinski definition) is 4. The first-order valence-electron chi connectivity index (χ1n) is 9.31. The van der Waals surface area contributed by atoms with E-state index in [1.54, 1.807) is 6.20 Å². The average Bonchev–Trinajstić information content (AvgIpc) is 3.27. The second kappa shape index (κ2) is 6.68. The van der Waals surface area contributed by atoms with E-state index in [0.29, 0.717) is 11.4 Å². The minimum atomic E-state index is -0.246. The van der Waals surface area contributed by atoms with Gasteiger partial charge in [0, 0.05) is 18.2 Å². The van der Waals surface area contributed by atoms with Gasteiger partial charge in [-0.2, -0.15) is 5.10 Å². The maximum absolute atomic E-state index is 12.7. The number of nitrogens with one attached hydrogen (secondary N) is 1. The Labute approximate surface area is 158 Å². The number of anilines is 1. The van der Waals surface area contributed by atoms with E-state index in [0.717, 1.165) is 36.1 Å². The van der Waals surface area contributed by atoms with Gasteiger partial charge >= 0.3 is 0 Å². The maximum atomic E-state index is 12.7. The molecule has 0 bridgehead atoms. The Morgan fingerprint density at radius 1 is 1.30 bits per heavy atom. The van der Waals surface area contributed by atoms with Gasteiger partial charge in [-0.1, -0.05) is 49.3 Å². The summed E-state index contributed by atoms with van der Waals surface area (Å²) in [7, 11) is 0. The second-order valence-corrected chi connectivity index (χ2v) is 8.02. The van der Waals surface area contributed by atoms with Gasteiger partial charge in [0.1, 0.15) is 5.76 Å². The van der Waals surface area contributed by atoms with Gasteiger partial charge in [-0.25, -0.2) is 0 Å². The van der Waals surface area contributed by atoms with Crippen LogP contribution in [0, 0.1) is 5.41 Å². The summed E-state index contributed by atoms with van der Waals surface area (Å²) in [5.74, 6) is 0.595. The van der Waals surface area contributed by atoms with Gasteiger partial charge in [0.05, 0.1) is 17.9 Å². The van der Waals surface area contributed by atoms with E-state index >= 15 is 0 Å². The van der Waals surface area contributed by atoms with Gasteiger partial charge in [-0.05, 0) is 30.7 Å². The van der Waals surface area contributed by atoms with Gasteiger partial charge in [0.15, 0.2) is 5.69 Å². The molecule has 1 aromatic carbocycles. The zero-order valence-electron chi connectivity index (χ0n) is 15.9. The largest absolute Gasteiger partial charge is 0.360 e.